The van der Waals surface area contributed by atoms with Gasteiger partial charge in [0.1, 0.15) is 17.3 Å². The van der Waals surface area contributed by atoms with Crippen molar-refractivity contribution >= 4 is 11.6 Å². The molecule has 2 aromatic rings. The van der Waals surface area contributed by atoms with Gasteiger partial charge in [0.05, 0.1) is 6.54 Å². The summed E-state index contributed by atoms with van der Waals surface area (Å²) in [7, 11) is 3.70. The number of para-hydroxylation sites is 1. The number of guanidine groups is 1. The van der Waals surface area contributed by atoms with Crippen molar-refractivity contribution in [2.75, 3.05) is 25.0 Å². The molecule has 5 nitrogen and oxygen atoms in total. The molecule has 1 atom stereocenters. The van der Waals surface area contributed by atoms with Gasteiger partial charge in [0, 0.05) is 45.1 Å². The second kappa shape index (κ2) is 7.55. The van der Waals surface area contributed by atoms with E-state index in [1.54, 1.807) is 11.9 Å². The normalized spacial score (nSPS) is 17.8. The van der Waals surface area contributed by atoms with E-state index in [0.717, 1.165) is 12.1 Å². The van der Waals surface area contributed by atoms with E-state index in [4.69, 9.17) is 0 Å². The van der Waals surface area contributed by atoms with Gasteiger partial charge in [0.25, 0.3) is 0 Å². The van der Waals surface area contributed by atoms with Gasteiger partial charge in [-0.2, -0.15) is 0 Å². The molecular weight excluding hydrogens is 324 g/mol. The van der Waals surface area contributed by atoms with E-state index in [0.29, 0.717) is 25.6 Å². The molecule has 1 aromatic carbocycles. The highest BCUT2D eigenvalue weighted by molar-refractivity contribution is 5.80. The predicted molar refractivity (Wildman–Crippen MR) is 95.7 cm³/mol. The molecule has 0 saturated carbocycles. The van der Waals surface area contributed by atoms with Gasteiger partial charge in [-0.15, -0.1) is 0 Å². The van der Waals surface area contributed by atoms with Crippen LogP contribution in [0.4, 0.5) is 14.5 Å². The highest BCUT2D eigenvalue weighted by Gasteiger charge is 2.27. The number of rotatable bonds is 4. The molecule has 1 aromatic heterocycles. The minimum absolute atomic E-state index is 0.0542. The lowest BCUT2D eigenvalue weighted by molar-refractivity contribution is 0.575. The molecule has 0 spiro atoms. The Morgan fingerprint density at radius 2 is 2.00 bits per heavy atom. The van der Waals surface area contributed by atoms with Crippen LogP contribution in [-0.4, -0.2) is 36.7 Å². The average Bonchev–Trinajstić information content (AvgIpc) is 3.20. The van der Waals surface area contributed by atoms with Crippen molar-refractivity contribution in [3.8, 4) is 0 Å². The first-order valence-electron chi connectivity index (χ1n) is 8.35. The summed E-state index contributed by atoms with van der Waals surface area (Å²) in [5.74, 6) is -0.360. The van der Waals surface area contributed by atoms with Crippen LogP contribution in [0.1, 0.15) is 12.1 Å². The molecular formula is C18H23F2N5. The fourth-order valence-corrected chi connectivity index (χ4v) is 3.11. The molecule has 1 aliphatic heterocycles. The number of nitrogens with zero attached hydrogens (tertiary/aromatic N) is 3. The molecule has 1 aliphatic rings. The summed E-state index contributed by atoms with van der Waals surface area (Å²) in [4.78, 5) is 5.97. The summed E-state index contributed by atoms with van der Waals surface area (Å²) < 4.78 is 29.9. The van der Waals surface area contributed by atoms with Crippen molar-refractivity contribution in [3.05, 3.63) is 53.9 Å². The highest BCUT2D eigenvalue weighted by atomic mass is 19.1. The lowest BCUT2D eigenvalue weighted by Gasteiger charge is -2.21. The molecule has 0 amide bonds. The number of halogens is 2. The summed E-state index contributed by atoms with van der Waals surface area (Å²) in [6.45, 7) is 1.79. The zero-order valence-electron chi connectivity index (χ0n) is 14.5. The molecule has 0 bridgehead atoms. The van der Waals surface area contributed by atoms with E-state index >= 15 is 0 Å². The molecule has 0 radical (unpaired) electrons. The summed E-state index contributed by atoms with van der Waals surface area (Å²) in [5.41, 5.74) is 1.20. The van der Waals surface area contributed by atoms with Crippen LogP contribution in [0.15, 0.2) is 41.5 Å². The van der Waals surface area contributed by atoms with Gasteiger partial charge < -0.3 is 20.1 Å². The van der Waals surface area contributed by atoms with Crippen molar-refractivity contribution in [2.45, 2.75) is 19.0 Å². The molecule has 7 heteroatoms. The quantitative estimate of drug-likeness (QED) is 0.659. The average molecular weight is 347 g/mol. The zero-order valence-corrected chi connectivity index (χ0v) is 14.5. The molecule has 2 N–H and O–H groups in total. The summed E-state index contributed by atoms with van der Waals surface area (Å²) >= 11 is 0. The third-order valence-corrected chi connectivity index (χ3v) is 4.49. The maximum absolute atomic E-state index is 13.9. The molecule has 3 rings (SSSR count). The Hall–Kier alpha value is -2.57. The second-order valence-electron chi connectivity index (χ2n) is 6.18. The Bertz CT molecular complexity index is 735. The first-order chi connectivity index (χ1) is 12.1. The molecule has 25 heavy (non-hydrogen) atoms. The van der Waals surface area contributed by atoms with Crippen LogP contribution < -0.4 is 15.5 Å². The number of aromatic nitrogens is 1. The number of nitrogens with one attached hydrogen (secondary N) is 2. The van der Waals surface area contributed by atoms with Gasteiger partial charge in [-0.05, 0) is 30.7 Å². The van der Waals surface area contributed by atoms with Crippen molar-refractivity contribution in [1.29, 1.82) is 0 Å². The van der Waals surface area contributed by atoms with E-state index in [-0.39, 0.29) is 11.7 Å². The zero-order chi connectivity index (χ0) is 17.8. The lowest BCUT2D eigenvalue weighted by Crippen LogP contribution is -2.44. The third kappa shape index (κ3) is 3.92. The summed E-state index contributed by atoms with van der Waals surface area (Å²) in [5, 5.41) is 6.60. The van der Waals surface area contributed by atoms with Crippen LogP contribution >= 0.6 is 0 Å². The molecule has 1 saturated heterocycles. The minimum atomic E-state index is -0.521. The Kier molecular flexibility index (Phi) is 5.21. The third-order valence-electron chi connectivity index (χ3n) is 4.49. The van der Waals surface area contributed by atoms with Crippen molar-refractivity contribution in [3.63, 3.8) is 0 Å². The van der Waals surface area contributed by atoms with Crippen molar-refractivity contribution in [2.24, 2.45) is 12.0 Å². The topological polar surface area (TPSA) is 44.6 Å². The van der Waals surface area contributed by atoms with Gasteiger partial charge in [-0.3, -0.25) is 4.99 Å². The van der Waals surface area contributed by atoms with Crippen LogP contribution in [0, 0.1) is 11.6 Å². The largest absolute Gasteiger partial charge is 0.365 e. The Labute approximate surface area is 146 Å². The summed E-state index contributed by atoms with van der Waals surface area (Å²) in [6.07, 6.45) is 2.78. The smallest absolute Gasteiger partial charge is 0.191 e. The van der Waals surface area contributed by atoms with E-state index in [9.17, 15) is 8.78 Å². The standard InChI is InChI=1S/C18H23F2N5/c1-21-18(22-11-14-5-4-9-24(14)2)23-13-8-10-25(12-13)17-15(19)6-3-7-16(17)20/h3-7,9,13H,8,10-12H2,1-2H3,(H2,21,22,23). The molecule has 134 valence electrons. The van der Waals surface area contributed by atoms with Gasteiger partial charge in [0.15, 0.2) is 5.96 Å². The fourth-order valence-electron chi connectivity index (χ4n) is 3.11. The number of hydrogen-bond acceptors (Lipinski definition) is 2. The number of anilines is 1. The van der Waals surface area contributed by atoms with E-state index in [1.165, 1.54) is 18.2 Å². The summed E-state index contributed by atoms with van der Waals surface area (Å²) in [6, 6.07) is 8.08. The van der Waals surface area contributed by atoms with E-state index in [1.807, 2.05) is 29.9 Å². The van der Waals surface area contributed by atoms with Gasteiger partial charge in [0.2, 0.25) is 0 Å². The van der Waals surface area contributed by atoms with Gasteiger partial charge in [-0.1, -0.05) is 6.07 Å². The lowest BCUT2D eigenvalue weighted by atomic mass is 10.2. The molecule has 0 aliphatic carbocycles. The SMILES string of the molecule is CN=C(NCc1cccn1C)NC1CCN(c2c(F)cccc2F)C1. The molecule has 1 unspecified atom stereocenters. The van der Waals surface area contributed by atoms with Crippen LogP contribution in [0.25, 0.3) is 0 Å². The Morgan fingerprint density at radius 3 is 2.64 bits per heavy atom. The fraction of sp³-hybridized carbons (Fsp3) is 0.389. The van der Waals surface area contributed by atoms with Gasteiger partial charge >= 0.3 is 0 Å². The minimum Gasteiger partial charge on any atom is -0.365 e. The van der Waals surface area contributed by atoms with Crippen LogP contribution in [-0.2, 0) is 13.6 Å². The first-order valence-corrected chi connectivity index (χ1v) is 8.35. The maximum atomic E-state index is 13.9. The Balaban J connectivity index is 1.57. The monoisotopic (exact) mass is 347 g/mol. The second-order valence-corrected chi connectivity index (χ2v) is 6.18. The number of aliphatic imine (C=N–C) groups is 1. The van der Waals surface area contributed by atoms with Crippen molar-refractivity contribution in [1.82, 2.24) is 15.2 Å². The first kappa shape index (κ1) is 17.3. The molecule has 1 fully saturated rings. The maximum Gasteiger partial charge on any atom is 0.191 e. The predicted octanol–water partition coefficient (Wildman–Crippen LogP) is 2.25. The van der Waals surface area contributed by atoms with Crippen LogP contribution in [0.2, 0.25) is 0 Å². The Morgan fingerprint density at radius 1 is 1.24 bits per heavy atom. The van der Waals surface area contributed by atoms with E-state index < -0.39 is 11.6 Å². The number of hydrogen-bond donors (Lipinski definition) is 2. The number of aryl methyl sites for hydroxylation is 1. The van der Waals surface area contributed by atoms with Gasteiger partial charge in [-0.25, -0.2) is 8.78 Å². The molecule has 2 heterocycles. The van der Waals surface area contributed by atoms with Crippen LogP contribution in [0.5, 0.6) is 0 Å². The van der Waals surface area contributed by atoms with E-state index in [2.05, 4.69) is 15.6 Å². The van der Waals surface area contributed by atoms with Crippen LogP contribution in [0.3, 0.4) is 0 Å². The number of benzene rings is 1. The van der Waals surface area contributed by atoms with Crippen molar-refractivity contribution < 1.29 is 8.78 Å². The highest BCUT2D eigenvalue weighted by Crippen LogP contribution is 2.26.